The van der Waals surface area contributed by atoms with E-state index >= 15 is 0 Å². The molecular weight excluding hydrogens is 288 g/mol. The van der Waals surface area contributed by atoms with Crippen LogP contribution in [0, 0.1) is 13.8 Å². The minimum Gasteiger partial charge on any atom is -0.497 e. The lowest BCUT2D eigenvalue weighted by molar-refractivity contribution is -0.121. The molecule has 0 aliphatic heterocycles. The van der Waals surface area contributed by atoms with Crippen LogP contribution in [0.1, 0.15) is 23.1 Å². The summed E-state index contributed by atoms with van der Waals surface area (Å²) in [5.41, 5.74) is 4.55. The van der Waals surface area contributed by atoms with Crippen molar-refractivity contribution < 1.29 is 9.53 Å². The Morgan fingerprint density at radius 1 is 1.09 bits per heavy atom. The predicted octanol–water partition coefficient (Wildman–Crippen LogP) is 3.43. The molecule has 0 fully saturated rings. The molecule has 1 amide bonds. The third-order valence-corrected chi connectivity index (χ3v) is 3.71. The van der Waals surface area contributed by atoms with E-state index in [4.69, 9.17) is 4.74 Å². The first-order valence-corrected chi connectivity index (χ1v) is 7.79. The molecule has 2 N–H and O–H groups in total. The molecule has 0 saturated heterocycles. The maximum absolute atomic E-state index is 11.9. The summed E-state index contributed by atoms with van der Waals surface area (Å²) in [4.78, 5) is 11.9. The molecule has 2 aromatic rings. The van der Waals surface area contributed by atoms with Gasteiger partial charge in [0, 0.05) is 25.2 Å². The van der Waals surface area contributed by atoms with E-state index in [1.165, 1.54) is 11.1 Å². The predicted molar refractivity (Wildman–Crippen MR) is 93.9 cm³/mol. The van der Waals surface area contributed by atoms with Gasteiger partial charge in [0.15, 0.2) is 0 Å². The molecule has 23 heavy (non-hydrogen) atoms. The highest BCUT2D eigenvalue weighted by Gasteiger charge is 2.03. The van der Waals surface area contributed by atoms with Crippen LogP contribution in [-0.4, -0.2) is 19.6 Å². The van der Waals surface area contributed by atoms with Gasteiger partial charge in [-0.15, -0.1) is 0 Å². The van der Waals surface area contributed by atoms with Crippen molar-refractivity contribution >= 4 is 11.6 Å². The molecule has 0 spiro atoms. The monoisotopic (exact) mass is 312 g/mol. The Bertz CT molecular complexity index is 651. The standard InChI is InChI=1S/C19H24N2O2/c1-14-4-5-15(2)18(12-14)20-11-10-19(22)21-13-16-6-8-17(23-3)9-7-16/h4-9,12,20H,10-11,13H2,1-3H3,(H,21,22). The molecule has 0 heterocycles. The average Bonchev–Trinajstić information content (AvgIpc) is 2.56. The number of nitrogens with one attached hydrogen (secondary N) is 2. The molecule has 122 valence electrons. The van der Waals surface area contributed by atoms with Crippen molar-refractivity contribution in [1.82, 2.24) is 5.32 Å². The van der Waals surface area contributed by atoms with Crippen molar-refractivity contribution in [3.05, 3.63) is 59.2 Å². The van der Waals surface area contributed by atoms with Gasteiger partial charge in [-0.2, -0.15) is 0 Å². The van der Waals surface area contributed by atoms with Crippen LogP contribution in [-0.2, 0) is 11.3 Å². The van der Waals surface area contributed by atoms with E-state index in [0.29, 0.717) is 19.5 Å². The number of amides is 1. The Hall–Kier alpha value is -2.49. The van der Waals surface area contributed by atoms with Crippen molar-refractivity contribution in [2.24, 2.45) is 0 Å². The molecule has 0 aliphatic carbocycles. The molecule has 0 unspecified atom stereocenters. The Balaban J connectivity index is 1.73. The molecule has 2 rings (SSSR count). The Morgan fingerprint density at radius 3 is 2.52 bits per heavy atom. The van der Waals surface area contributed by atoms with Crippen molar-refractivity contribution in [3.8, 4) is 5.75 Å². The summed E-state index contributed by atoms with van der Waals surface area (Å²) in [6.07, 6.45) is 0.448. The van der Waals surface area contributed by atoms with E-state index < -0.39 is 0 Å². The van der Waals surface area contributed by atoms with Gasteiger partial charge in [-0.25, -0.2) is 0 Å². The van der Waals surface area contributed by atoms with Crippen LogP contribution < -0.4 is 15.4 Å². The fourth-order valence-electron chi connectivity index (χ4n) is 2.27. The normalized spacial score (nSPS) is 10.2. The zero-order chi connectivity index (χ0) is 16.7. The number of carbonyl (C=O) groups excluding carboxylic acids is 1. The molecule has 4 nitrogen and oxygen atoms in total. The lowest BCUT2D eigenvalue weighted by Crippen LogP contribution is -2.24. The van der Waals surface area contributed by atoms with E-state index in [-0.39, 0.29) is 5.91 Å². The van der Waals surface area contributed by atoms with Crippen LogP contribution in [0.4, 0.5) is 5.69 Å². The number of rotatable bonds is 7. The zero-order valence-corrected chi connectivity index (χ0v) is 14.0. The topological polar surface area (TPSA) is 50.4 Å². The SMILES string of the molecule is COc1ccc(CNC(=O)CCNc2cc(C)ccc2C)cc1. The van der Waals surface area contributed by atoms with Gasteiger partial charge in [0.2, 0.25) is 5.91 Å². The third-order valence-electron chi connectivity index (χ3n) is 3.71. The van der Waals surface area contributed by atoms with Crippen molar-refractivity contribution in [3.63, 3.8) is 0 Å². The zero-order valence-electron chi connectivity index (χ0n) is 14.0. The highest BCUT2D eigenvalue weighted by molar-refractivity contribution is 5.76. The first-order valence-electron chi connectivity index (χ1n) is 7.79. The van der Waals surface area contributed by atoms with E-state index in [1.807, 2.05) is 24.3 Å². The smallest absolute Gasteiger partial charge is 0.222 e. The molecule has 0 radical (unpaired) electrons. The van der Waals surface area contributed by atoms with E-state index in [0.717, 1.165) is 17.0 Å². The summed E-state index contributed by atoms with van der Waals surface area (Å²) >= 11 is 0. The molecule has 0 aliphatic rings. The quantitative estimate of drug-likeness (QED) is 0.823. The van der Waals surface area contributed by atoms with Gasteiger partial charge < -0.3 is 15.4 Å². The molecule has 4 heteroatoms. The largest absolute Gasteiger partial charge is 0.497 e. The summed E-state index contributed by atoms with van der Waals surface area (Å²) in [6, 6.07) is 14.0. The molecule has 0 aromatic heterocycles. The maximum atomic E-state index is 11.9. The minimum absolute atomic E-state index is 0.0404. The first kappa shape index (κ1) is 16.9. The third kappa shape index (κ3) is 5.33. The Labute approximate surface area is 137 Å². The average molecular weight is 312 g/mol. The van der Waals surface area contributed by atoms with Gasteiger partial charge in [0.1, 0.15) is 5.75 Å². The fourth-order valence-corrected chi connectivity index (χ4v) is 2.27. The van der Waals surface area contributed by atoms with E-state index in [9.17, 15) is 4.79 Å². The van der Waals surface area contributed by atoms with Crippen LogP contribution in [0.25, 0.3) is 0 Å². The first-order chi connectivity index (χ1) is 11.1. The molecule has 2 aromatic carbocycles. The highest BCUT2D eigenvalue weighted by atomic mass is 16.5. The molecule has 0 atom stereocenters. The molecule has 0 saturated carbocycles. The highest BCUT2D eigenvalue weighted by Crippen LogP contribution is 2.16. The van der Waals surface area contributed by atoms with E-state index in [1.54, 1.807) is 7.11 Å². The maximum Gasteiger partial charge on any atom is 0.222 e. The summed E-state index contributed by atoms with van der Waals surface area (Å²) in [5.74, 6) is 0.858. The van der Waals surface area contributed by atoms with Crippen LogP contribution in [0.3, 0.4) is 0 Å². The van der Waals surface area contributed by atoms with Gasteiger partial charge in [-0.3, -0.25) is 4.79 Å². The van der Waals surface area contributed by atoms with E-state index in [2.05, 4.69) is 42.7 Å². The van der Waals surface area contributed by atoms with Crippen molar-refractivity contribution in [2.45, 2.75) is 26.8 Å². The molecule has 0 bridgehead atoms. The minimum atomic E-state index is 0.0404. The van der Waals surface area contributed by atoms with Gasteiger partial charge in [-0.1, -0.05) is 24.3 Å². The number of hydrogen-bond donors (Lipinski definition) is 2. The number of benzene rings is 2. The number of hydrogen-bond acceptors (Lipinski definition) is 3. The summed E-state index contributed by atoms with van der Waals surface area (Å²) < 4.78 is 5.11. The van der Waals surface area contributed by atoms with Crippen LogP contribution in [0.5, 0.6) is 5.75 Å². The van der Waals surface area contributed by atoms with Crippen LogP contribution in [0.2, 0.25) is 0 Å². The second-order valence-corrected chi connectivity index (χ2v) is 5.62. The second kappa shape index (κ2) is 8.22. The second-order valence-electron chi connectivity index (χ2n) is 5.62. The lowest BCUT2D eigenvalue weighted by Gasteiger charge is -2.11. The molecular formula is C19H24N2O2. The summed E-state index contributed by atoms with van der Waals surface area (Å²) in [5, 5.41) is 6.25. The van der Waals surface area contributed by atoms with Gasteiger partial charge >= 0.3 is 0 Å². The van der Waals surface area contributed by atoms with Crippen molar-refractivity contribution in [2.75, 3.05) is 19.0 Å². The summed E-state index contributed by atoms with van der Waals surface area (Å²) in [6.45, 7) is 5.28. The summed E-state index contributed by atoms with van der Waals surface area (Å²) in [7, 11) is 1.64. The van der Waals surface area contributed by atoms with Crippen molar-refractivity contribution in [1.29, 1.82) is 0 Å². The number of carbonyl (C=O) groups is 1. The van der Waals surface area contributed by atoms with Gasteiger partial charge in [-0.05, 0) is 48.7 Å². The number of methoxy groups -OCH3 is 1. The Kier molecular flexibility index (Phi) is 6.03. The van der Waals surface area contributed by atoms with Crippen LogP contribution >= 0.6 is 0 Å². The fraction of sp³-hybridized carbons (Fsp3) is 0.316. The number of anilines is 1. The van der Waals surface area contributed by atoms with Crippen LogP contribution in [0.15, 0.2) is 42.5 Å². The number of aryl methyl sites for hydroxylation is 2. The Morgan fingerprint density at radius 2 is 1.83 bits per heavy atom. The number of ether oxygens (including phenoxy) is 1. The van der Waals surface area contributed by atoms with Gasteiger partial charge in [0.25, 0.3) is 0 Å². The van der Waals surface area contributed by atoms with Gasteiger partial charge in [0.05, 0.1) is 7.11 Å². The lowest BCUT2D eigenvalue weighted by atomic mass is 10.1.